The van der Waals surface area contributed by atoms with Gasteiger partial charge in [0.15, 0.2) is 0 Å². The number of pyridine rings is 2. The summed E-state index contributed by atoms with van der Waals surface area (Å²) in [4.78, 5) is 15.8. The molecular weight excluding hydrogens is 188 g/mol. The third-order valence-corrected chi connectivity index (χ3v) is 2.18. The first-order chi connectivity index (χ1) is 7.25. The summed E-state index contributed by atoms with van der Waals surface area (Å²) in [5, 5.41) is 0. The van der Waals surface area contributed by atoms with Crippen molar-refractivity contribution in [1.82, 2.24) is 9.55 Å². The van der Waals surface area contributed by atoms with E-state index in [1.807, 2.05) is 31.2 Å². The quantitative estimate of drug-likeness (QED) is 0.738. The first kappa shape index (κ1) is 9.65. The van der Waals surface area contributed by atoms with Gasteiger partial charge in [0, 0.05) is 18.0 Å². The normalized spacial score (nSPS) is 10.2. The second-order valence-electron chi connectivity index (χ2n) is 3.44. The lowest BCUT2D eigenvalue weighted by atomic mass is 10.3. The maximum absolute atomic E-state index is 11.4. The van der Waals surface area contributed by atoms with Gasteiger partial charge in [-0.05, 0) is 25.1 Å². The fourth-order valence-corrected chi connectivity index (χ4v) is 1.45. The molecule has 3 heteroatoms. The molecule has 0 spiro atoms. The van der Waals surface area contributed by atoms with Crippen LogP contribution in [0.25, 0.3) is 0 Å². The zero-order valence-corrected chi connectivity index (χ0v) is 8.55. The highest BCUT2D eigenvalue weighted by molar-refractivity contribution is 5.10. The minimum absolute atomic E-state index is 0.000746. The molecule has 2 heterocycles. The third-order valence-electron chi connectivity index (χ3n) is 2.18. The zero-order valence-electron chi connectivity index (χ0n) is 8.55. The van der Waals surface area contributed by atoms with Gasteiger partial charge in [0.05, 0.1) is 12.2 Å². The van der Waals surface area contributed by atoms with Crippen molar-refractivity contribution >= 4 is 0 Å². The second-order valence-corrected chi connectivity index (χ2v) is 3.44. The first-order valence-corrected chi connectivity index (χ1v) is 4.84. The molecule has 0 unspecified atom stereocenters. The fraction of sp³-hybridized carbons (Fsp3) is 0.167. The Labute approximate surface area is 88.0 Å². The van der Waals surface area contributed by atoms with Gasteiger partial charge in [-0.2, -0.15) is 0 Å². The van der Waals surface area contributed by atoms with Gasteiger partial charge < -0.3 is 4.57 Å². The van der Waals surface area contributed by atoms with Crippen molar-refractivity contribution in [3.05, 3.63) is 64.3 Å². The Morgan fingerprint density at radius 2 is 2.07 bits per heavy atom. The van der Waals surface area contributed by atoms with Crippen LogP contribution in [0.4, 0.5) is 0 Å². The summed E-state index contributed by atoms with van der Waals surface area (Å²) in [5.41, 5.74) is 1.88. The minimum Gasteiger partial charge on any atom is -0.310 e. The van der Waals surface area contributed by atoms with Crippen molar-refractivity contribution in [3.8, 4) is 0 Å². The second kappa shape index (κ2) is 4.09. The van der Waals surface area contributed by atoms with Crippen LogP contribution in [0, 0.1) is 6.92 Å². The molecule has 3 nitrogen and oxygen atoms in total. The Kier molecular flexibility index (Phi) is 2.63. The summed E-state index contributed by atoms with van der Waals surface area (Å²) >= 11 is 0. The Morgan fingerprint density at radius 3 is 2.80 bits per heavy atom. The van der Waals surface area contributed by atoms with Crippen LogP contribution in [0.2, 0.25) is 0 Å². The van der Waals surface area contributed by atoms with Crippen molar-refractivity contribution in [1.29, 1.82) is 0 Å². The molecule has 0 fully saturated rings. The Hall–Kier alpha value is -1.90. The van der Waals surface area contributed by atoms with E-state index < -0.39 is 0 Å². The van der Waals surface area contributed by atoms with E-state index in [4.69, 9.17) is 0 Å². The van der Waals surface area contributed by atoms with E-state index in [-0.39, 0.29) is 5.56 Å². The molecule has 0 saturated heterocycles. The molecule has 0 aliphatic heterocycles. The summed E-state index contributed by atoms with van der Waals surface area (Å²) in [7, 11) is 0. The molecule has 0 bridgehead atoms. The molecule has 0 aromatic carbocycles. The van der Waals surface area contributed by atoms with Crippen molar-refractivity contribution in [2.24, 2.45) is 0 Å². The van der Waals surface area contributed by atoms with Crippen LogP contribution < -0.4 is 5.56 Å². The Bertz CT molecular complexity index is 517. The lowest BCUT2D eigenvalue weighted by molar-refractivity contribution is 0.737. The molecule has 0 N–H and O–H groups in total. The number of aryl methyl sites for hydroxylation is 1. The van der Waals surface area contributed by atoms with E-state index in [1.54, 1.807) is 22.9 Å². The molecule has 0 atom stereocenters. The Balaban J connectivity index is 2.30. The van der Waals surface area contributed by atoms with E-state index in [9.17, 15) is 4.79 Å². The van der Waals surface area contributed by atoms with E-state index in [0.717, 1.165) is 11.4 Å². The number of nitrogens with zero attached hydrogens (tertiary/aromatic N) is 2. The standard InChI is InChI=1S/C12H12N2O/c1-10-5-4-6-11(13-10)9-14-8-3-2-7-12(14)15/h2-8H,9H2,1H3. The van der Waals surface area contributed by atoms with Crippen LogP contribution in [0.15, 0.2) is 47.4 Å². The van der Waals surface area contributed by atoms with Gasteiger partial charge in [-0.1, -0.05) is 12.1 Å². The van der Waals surface area contributed by atoms with E-state index in [2.05, 4.69) is 4.98 Å². The number of hydrogen-bond acceptors (Lipinski definition) is 2. The summed E-state index contributed by atoms with van der Waals surface area (Å²) in [6.45, 7) is 2.47. The lowest BCUT2D eigenvalue weighted by Crippen LogP contribution is -2.18. The van der Waals surface area contributed by atoms with Crippen molar-refractivity contribution in [2.45, 2.75) is 13.5 Å². The number of aromatic nitrogens is 2. The smallest absolute Gasteiger partial charge is 0.250 e. The van der Waals surface area contributed by atoms with Gasteiger partial charge in [0.1, 0.15) is 0 Å². The molecule has 2 aromatic heterocycles. The minimum atomic E-state index is 0.000746. The molecule has 0 aliphatic carbocycles. The number of hydrogen-bond donors (Lipinski definition) is 0. The van der Waals surface area contributed by atoms with Gasteiger partial charge >= 0.3 is 0 Å². The molecule has 0 amide bonds. The van der Waals surface area contributed by atoms with E-state index >= 15 is 0 Å². The van der Waals surface area contributed by atoms with Crippen LogP contribution >= 0.6 is 0 Å². The van der Waals surface area contributed by atoms with Gasteiger partial charge in [0.2, 0.25) is 0 Å². The van der Waals surface area contributed by atoms with Gasteiger partial charge in [-0.25, -0.2) is 0 Å². The average Bonchev–Trinajstić information content (AvgIpc) is 2.22. The monoisotopic (exact) mass is 200 g/mol. The molecule has 15 heavy (non-hydrogen) atoms. The molecule has 0 aliphatic rings. The molecule has 2 aromatic rings. The summed E-state index contributed by atoms with van der Waals surface area (Å²) in [6, 6.07) is 10.9. The van der Waals surface area contributed by atoms with Crippen LogP contribution in [0.5, 0.6) is 0 Å². The first-order valence-electron chi connectivity index (χ1n) is 4.84. The topological polar surface area (TPSA) is 34.9 Å². The lowest BCUT2D eigenvalue weighted by Gasteiger charge is -2.04. The summed E-state index contributed by atoms with van der Waals surface area (Å²) in [5.74, 6) is 0. The van der Waals surface area contributed by atoms with E-state index in [0.29, 0.717) is 6.54 Å². The third kappa shape index (κ3) is 2.31. The average molecular weight is 200 g/mol. The summed E-state index contributed by atoms with van der Waals surface area (Å²) in [6.07, 6.45) is 1.77. The van der Waals surface area contributed by atoms with Crippen LogP contribution in [-0.2, 0) is 6.54 Å². The molecule has 2 rings (SSSR count). The SMILES string of the molecule is Cc1cccc(Cn2ccccc2=O)n1. The largest absolute Gasteiger partial charge is 0.310 e. The zero-order chi connectivity index (χ0) is 10.7. The predicted octanol–water partition coefficient (Wildman–Crippen LogP) is 1.60. The van der Waals surface area contributed by atoms with Gasteiger partial charge in [-0.15, -0.1) is 0 Å². The molecule has 0 radical (unpaired) electrons. The highest BCUT2D eigenvalue weighted by Gasteiger charge is 1.97. The van der Waals surface area contributed by atoms with E-state index in [1.165, 1.54) is 0 Å². The van der Waals surface area contributed by atoms with Crippen molar-refractivity contribution in [3.63, 3.8) is 0 Å². The van der Waals surface area contributed by atoms with Crippen LogP contribution in [0.1, 0.15) is 11.4 Å². The van der Waals surface area contributed by atoms with Gasteiger partial charge in [-0.3, -0.25) is 9.78 Å². The highest BCUT2D eigenvalue weighted by Crippen LogP contribution is 1.99. The maximum Gasteiger partial charge on any atom is 0.250 e. The predicted molar refractivity (Wildman–Crippen MR) is 58.8 cm³/mol. The molecule has 76 valence electrons. The highest BCUT2D eigenvalue weighted by atomic mass is 16.1. The maximum atomic E-state index is 11.4. The van der Waals surface area contributed by atoms with Crippen LogP contribution in [0.3, 0.4) is 0 Å². The Morgan fingerprint density at radius 1 is 1.20 bits per heavy atom. The summed E-state index contributed by atoms with van der Waals surface area (Å²) < 4.78 is 1.64. The van der Waals surface area contributed by atoms with Crippen LogP contribution in [-0.4, -0.2) is 9.55 Å². The number of rotatable bonds is 2. The van der Waals surface area contributed by atoms with Gasteiger partial charge in [0.25, 0.3) is 5.56 Å². The molecular formula is C12H12N2O. The van der Waals surface area contributed by atoms with Crippen molar-refractivity contribution < 1.29 is 0 Å². The fourth-order valence-electron chi connectivity index (χ4n) is 1.45. The van der Waals surface area contributed by atoms with Crippen molar-refractivity contribution in [2.75, 3.05) is 0 Å². The molecule has 0 saturated carbocycles.